The average Bonchev–Trinajstić information content (AvgIpc) is 3.49. The highest BCUT2D eigenvalue weighted by atomic mass is 32.2. The number of benzene rings is 2. The Balaban J connectivity index is 1.74. The largest absolute Gasteiger partial charge is 0.534 e. The fourth-order valence-electron chi connectivity index (χ4n) is 4.87. The van der Waals surface area contributed by atoms with E-state index in [1.807, 2.05) is 6.07 Å². The minimum Gasteiger partial charge on any atom is -0.375 e. The third kappa shape index (κ3) is 3.94. The fraction of sp³-hybridized carbons (Fsp3) is 0.333. The van der Waals surface area contributed by atoms with Gasteiger partial charge in [-0.25, -0.2) is 8.51 Å². The van der Waals surface area contributed by atoms with Crippen molar-refractivity contribution in [1.29, 1.82) is 5.26 Å². The molecule has 1 aliphatic carbocycles. The molecule has 0 saturated carbocycles. The van der Waals surface area contributed by atoms with Gasteiger partial charge < -0.3 is 9.17 Å². The monoisotopic (exact) mass is 551 g/mol. The van der Waals surface area contributed by atoms with Gasteiger partial charge >= 0.3 is 15.6 Å². The standard InChI is InChI=1S/C24H20F3N3O5S2/c1-23(2)16-11-18(35-37(33,34)24(25,26)27)19(36(32)30-7-3-4-8-30)10-15(16)21(31)20-14-6-5-13(12-28)9-17(14)29-22(20)23/h5-6,9-11,29H,3-4,7-8H2,1-2H3. The number of aromatic nitrogens is 1. The number of nitrogens with one attached hydrogen (secondary N) is 1. The number of ketones is 1. The number of carbonyl (C=O) groups excluding carboxylic acids is 1. The Bertz CT molecular complexity index is 1650. The molecule has 0 spiro atoms. The van der Waals surface area contributed by atoms with Crippen LogP contribution in [-0.2, 0) is 26.5 Å². The average molecular weight is 552 g/mol. The summed E-state index contributed by atoms with van der Waals surface area (Å²) in [6, 6.07) is 9.06. The number of nitriles is 1. The second kappa shape index (κ2) is 8.41. The van der Waals surface area contributed by atoms with E-state index in [0.29, 0.717) is 53.7 Å². The highest BCUT2D eigenvalue weighted by Crippen LogP contribution is 2.47. The van der Waals surface area contributed by atoms with Crippen LogP contribution in [0.4, 0.5) is 13.2 Å². The lowest BCUT2D eigenvalue weighted by Gasteiger charge is -2.33. The second-order valence-corrected chi connectivity index (χ2v) is 12.4. The van der Waals surface area contributed by atoms with Crippen LogP contribution < -0.4 is 4.18 Å². The fourth-order valence-corrected chi connectivity index (χ4v) is 6.75. The molecule has 2 heterocycles. The maximum absolute atomic E-state index is 13.7. The zero-order chi connectivity index (χ0) is 26.9. The highest BCUT2D eigenvalue weighted by Gasteiger charge is 2.50. The van der Waals surface area contributed by atoms with Gasteiger partial charge in [0, 0.05) is 40.7 Å². The number of hydrogen-bond donors (Lipinski definition) is 1. The lowest BCUT2D eigenvalue weighted by atomic mass is 9.71. The Morgan fingerprint density at radius 1 is 1.16 bits per heavy atom. The SMILES string of the molecule is CC1(C)c2cc(OS(=O)(=O)C(F)(F)F)c(S(=O)N3CCCC3)cc2C(=O)c2c1[nH]c1cc(C#N)ccc21. The van der Waals surface area contributed by atoms with Gasteiger partial charge in [-0.05, 0) is 42.7 Å². The molecule has 5 rings (SSSR count). The van der Waals surface area contributed by atoms with Crippen molar-refractivity contribution in [3.63, 3.8) is 0 Å². The van der Waals surface area contributed by atoms with Gasteiger partial charge in [-0.2, -0.15) is 26.9 Å². The van der Waals surface area contributed by atoms with Crippen LogP contribution in [0.2, 0.25) is 0 Å². The van der Waals surface area contributed by atoms with Crippen LogP contribution in [0.5, 0.6) is 5.75 Å². The Labute approximate surface area is 212 Å². The van der Waals surface area contributed by atoms with Crippen molar-refractivity contribution < 1.29 is 34.8 Å². The van der Waals surface area contributed by atoms with Gasteiger partial charge in [-0.1, -0.05) is 19.9 Å². The first-order chi connectivity index (χ1) is 17.3. The molecule has 3 aromatic rings. The van der Waals surface area contributed by atoms with Crippen LogP contribution in [-0.4, -0.2) is 46.3 Å². The molecule has 0 radical (unpaired) electrons. The second-order valence-electron chi connectivity index (χ2n) is 9.41. The van der Waals surface area contributed by atoms with Crippen LogP contribution in [0, 0.1) is 11.3 Å². The predicted octanol–water partition coefficient (Wildman–Crippen LogP) is 4.26. The maximum atomic E-state index is 13.7. The smallest absolute Gasteiger partial charge is 0.375 e. The van der Waals surface area contributed by atoms with Crippen molar-refractivity contribution in [2.24, 2.45) is 0 Å². The van der Waals surface area contributed by atoms with Crippen molar-refractivity contribution >= 4 is 37.8 Å². The molecule has 8 nitrogen and oxygen atoms in total. The van der Waals surface area contributed by atoms with Crippen LogP contribution in [0.1, 0.15) is 59.4 Å². The lowest BCUT2D eigenvalue weighted by molar-refractivity contribution is -0.0501. The van der Waals surface area contributed by atoms with Crippen molar-refractivity contribution in [2.45, 2.75) is 42.5 Å². The van der Waals surface area contributed by atoms with Gasteiger partial charge in [0.1, 0.15) is 11.0 Å². The van der Waals surface area contributed by atoms with Crippen LogP contribution in [0.25, 0.3) is 10.9 Å². The number of fused-ring (bicyclic) bond motifs is 4. The lowest BCUT2D eigenvalue weighted by Crippen LogP contribution is -2.32. The molecule has 1 aliphatic heterocycles. The van der Waals surface area contributed by atoms with Crippen LogP contribution in [0.3, 0.4) is 0 Å². The van der Waals surface area contributed by atoms with E-state index in [9.17, 15) is 35.9 Å². The molecule has 1 fully saturated rings. The Hall–Kier alpha value is -3.21. The molecule has 1 aromatic heterocycles. The molecule has 0 bridgehead atoms. The summed E-state index contributed by atoms with van der Waals surface area (Å²) in [5, 5.41) is 9.80. The van der Waals surface area contributed by atoms with Crippen molar-refractivity contribution in [1.82, 2.24) is 9.29 Å². The normalized spacial score (nSPS) is 18.3. The molecule has 2 aromatic carbocycles. The summed E-state index contributed by atoms with van der Waals surface area (Å²) in [6.45, 7) is 4.22. The first-order valence-electron chi connectivity index (χ1n) is 11.2. The van der Waals surface area contributed by atoms with Crippen LogP contribution in [0.15, 0.2) is 35.2 Å². The van der Waals surface area contributed by atoms with Gasteiger partial charge in [-0.15, -0.1) is 0 Å². The molecule has 37 heavy (non-hydrogen) atoms. The molecule has 13 heteroatoms. The number of halogens is 3. The van der Waals surface area contributed by atoms with Gasteiger partial charge in [-0.3, -0.25) is 4.79 Å². The Kier molecular flexibility index (Phi) is 5.78. The zero-order valence-corrected chi connectivity index (χ0v) is 21.2. The van der Waals surface area contributed by atoms with E-state index in [1.54, 1.807) is 32.0 Å². The number of rotatable bonds is 4. The summed E-state index contributed by atoms with van der Waals surface area (Å²) >= 11 is 0. The minimum atomic E-state index is -6.07. The first-order valence-corrected chi connectivity index (χ1v) is 13.7. The topological polar surface area (TPSA) is 120 Å². The Morgan fingerprint density at radius 3 is 2.46 bits per heavy atom. The summed E-state index contributed by atoms with van der Waals surface area (Å²) in [5.41, 5.74) is -4.75. The number of H-pyrrole nitrogens is 1. The summed E-state index contributed by atoms with van der Waals surface area (Å²) in [5.74, 6) is -1.21. The quantitative estimate of drug-likeness (QED) is 0.382. The van der Waals surface area contributed by atoms with Gasteiger partial charge in [0.25, 0.3) is 0 Å². The van der Waals surface area contributed by atoms with E-state index < -0.39 is 43.6 Å². The summed E-state index contributed by atoms with van der Waals surface area (Å²) in [6.07, 6.45) is 1.42. The van der Waals surface area contributed by atoms with Gasteiger partial charge in [0.2, 0.25) is 0 Å². The molecule has 194 valence electrons. The van der Waals surface area contributed by atoms with Crippen LogP contribution >= 0.6 is 0 Å². The van der Waals surface area contributed by atoms with E-state index in [-0.39, 0.29) is 16.0 Å². The molecule has 0 amide bonds. The number of alkyl halides is 3. The summed E-state index contributed by atoms with van der Waals surface area (Å²) < 4.78 is 82.8. The van der Waals surface area contributed by atoms with E-state index in [2.05, 4.69) is 9.17 Å². The predicted molar refractivity (Wildman–Crippen MR) is 128 cm³/mol. The summed E-state index contributed by atoms with van der Waals surface area (Å²) in [7, 11) is -8.14. The van der Waals surface area contributed by atoms with E-state index >= 15 is 0 Å². The van der Waals surface area contributed by atoms with Gasteiger partial charge in [0.15, 0.2) is 11.5 Å². The van der Waals surface area contributed by atoms with Crippen molar-refractivity contribution in [3.8, 4) is 11.8 Å². The zero-order valence-electron chi connectivity index (χ0n) is 19.6. The third-order valence-corrected chi connectivity index (χ3v) is 9.25. The third-order valence-electron chi connectivity index (χ3n) is 6.75. The first kappa shape index (κ1) is 25.4. The molecule has 1 atom stereocenters. The highest BCUT2D eigenvalue weighted by molar-refractivity contribution is 7.88. The molecule has 1 unspecified atom stereocenters. The molecule has 2 aliphatic rings. The van der Waals surface area contributed by atoms with Crippen molar-refractivity contribution in [3.05, 3.63) is 58.3 Å². The summed E-state index contributed by atoms with van der Waals surface area (Å²) in [4.78, 5) is 16.6. The van der Waals surface area contributed by atoms with E-state index in [4.69, 9.17) is 0 Å². The minimum absolute atomic E-state index is 0.0852. The number of nitrogens with zero attached hydrogens (tertiary/aromatic N) is 2. The number of aromatic amines is 1. The molecular weight excluding hydrogens is 531 g/mol. The molecule has 1 saturated heterocycles. The van der Waals surface area contributed by atoms with E-state index in [0.717, 1.165) is 6.07 Å². The molecule has 1 N–H and O–H groups in total. The maximum Gasteiger partial charge on any atom is 0.534 e. The number of carbonyl (C=O) groups is 1. The molecular formula is C24H20F3N3O5S2. The number of hydrogen-bond acceptors (Lipinski definition) is 6. The van der Waals surface area contributed by atoms with Crippen molar-refractivity contribution in [2.75, 3.05) is 13.1 Å². The van der Waals surface area contributed by atoms with E-state index in [1.165, 1.54) is 10.4 Å². The van der Waals surface area contributed by atoms with Gasteiger partial charge in [0.05, 0.1) is 22.1 Å². The Morgan fingerprint density at radius 2 is 1.84 bits per heavy atom.